The Balaban J connectivity index is 1.94. The molecule has 0 atom stereocenters. The highest BCUT2D eigenvalue weighted by Gasteiger charge is 2.08. The van der Waals surface area contributed by atoms with Crippen molar-refractivity contribution >= 4 is 11.6 Å². The highest BCUT2D eigenvalue weighted by atomic mass is 19.1. The highest BCUT2D eigenvalue weighted by molar-refractivity contribution is 5.92. The van der Waals surface area contributed by atoms with Gasteiger partial charge in [-0.3, -0.25) is 4.79 Å². The van der Waals surface area contributed by atoms with Crippen molar-refractivity contribution in [3.05, 3.63) is 65.2 Å². The largest absolute Gasteiger partial charge is 0.323 e. The summed E-state index contributed by atoms with van der Waals surface area (Å²) in [5, 5.41) is 2.45. The van der Waals surface area contributed by atoms with Gasteiger partial charge in [0, 0.05) is 6.07 Å². The van der Waals surface area contributed by atoms with Crippen molar-refractivity contribution in [2.24, 2.45) is 0 Å². The minimum absolute atomic E-state index is 0.00836. The number of rotatable bonds is 6. The van der Waals surface area contributed by atoms with E-state index < -0.39 is 11.6 Å². The maximum atomic E-state index is 13.5. The molecule has 22 heavy (non-hydrogen) atoms. The maximum absolute atomic E-state index is 13.5. The Morgan fingerprint density at radius 3 is 2.36 bits per heavy atom. The third-order valence-corrected chi connectivity index (χ3v) is 3.41. The number of anilines is 1. The van der Waals surface area contributed by atoms with Crippen LogP contribution in [-0.4, -0.2) is 5.91 Å². The van der Waals surface area contributed by atoms with Crippen molar-refractivity contribution in [1.29, 1.82) is 0 Å². The van der Waals surface area contributed by atoms with E-state index in [1.165, 1.54) is 11.6 Å². The molecule has 0 fully saturated rings. The summed E-state index contributed by atoms with van der Waals surface area (Å²) in [4.78, 5) is 11.9. The number of nitrogens with one attached hydrogen (secondary N) is 1. The van der Waals surface area contributed by atoms with Crippen molar-refractivity contribution in [2.75, 3.05) is 5.32 Å². The molecule has 2 nitrogen and oxygen atoms in total. The molecule has 0 aliphatic rings. The van der Waals surface area contributed by atoms with Crippen LogP contribution in [0.25, 0.3) is 0 Å². The molecule has 0 aliphatic carbocycles. The standard InChI is InChI=1S/C18H19F2NO/c1-2-3-4-13-5-7-14(8-6-13)11-18(22)21-17-10-9-15(19)12-16(17)20/h5-10,12H,2-4,11H2,1H3,(H,21,22). The van der Waals surface area contributed by atoms with Gasteiger partial charge in [-0.2, -0.15) is 0 Å². The van der Waals surface area contributed by atoms with Gasteiger partial charge >= 0.3 is 0 Å². The first kappa shape index (κ1) is 16.1. The van der Waals surface area contributed by atoms with E-state index in [1.54, 1.807) is 0 Å². The molecule has 0 saturated carbocycles. The lowest BCUT2D eigenvalue weighted by atomic mass is 10.0. The summed E-state index contributed by atoms with van der Waals surface area (Å²) in [6.45, 7) is 2.15. The van der Waals surface area contributed by atoms with E-state index in [1.807, 2.05) is 24.3 Å². The Morgan fingerprint density at radius 2 is 1.73 bits per heavy atom. The Labute approximate surface area is 129 Å². The van der Waals surface area contributed by atoms with E-state index >= 15 is 0 Å². The van der Waals surface area contributed by atoms with Crippen LogP contribution in [0.2, 0.25) is 0 Å². The van der Waals surface area contributed by atoms with Gasteiger partial charge in [0.1, 0.15) is 11.6 Å². The van der Waals surface area contributed by atoms with Gasteiger partial charge in [-0.05, 0) is 36.1 Å². The van der Waals surface area contributed by atoms with Crippen LogP contribution in [0.5, 0.6) is 0 Å². The second-order valence-corrected chi connectivity index (χ2v) is 5.27. The SMILES string of the molecule is CCCCc1ccc(CC(=O)Nc2ccc(F)cc2F)cc1. The monoisotopic (exact) mass is 303 g/mol. The first-order valence-electron chi connectivity index (χ1n) is 7.41. The fraction of sp³-hybridized carbons (Fsp3) is 0.278. The fourth-order valence-electron chi connectivity index (χ4n) is 2.18. The predicted molar refractivity (Wildman–Crippen MR) is 83.7 cm³/mol. The normalized spacial score (nSPS) is 10.5. The number of carbonyl (C=O) groups is 1. The topological polar surface area (TPSA) is 29.1 Å². The summed E-state index contributed by atoms with van der Waals surface area (Å²) < 4.78 is 26.3. The van der Waals surface area contributed by atoms with Crippen LogP contribution in [0.15, 0.2) is 42.5 Å². The molecule has 0 bridgehead atoms. The number of unbranched alkanes of at least 4 members (excludes halogenated alkanes) is 1. The molecule has 0 radical (unpaired) electrons. The van der Waals surface area contributed by atoms with Gasteiger partial charge in [0.25, 0.3) is 0 Å². The van der Waals surface area contributed by atoms with Crippen LogP contribution in [0, 0.1) is 11.6 Å². The predicted octanol–water partition coefficient (Wildman–Crippen LogP) is 4.49. The van der Waals surface area contributed by atoms with Gasteiger partial charge in [-0.25, -0.2) is 8.78 Å². The molecule has 0 spiro atoms. The lowest BCUT2D eigenvalue weighted by Gasteiger charge is -2.07. The average Bonchev–Trinajstić information content (AvgIpc) is 2.49. The third kappa shape index (κ3) is 4.65. The Morgan fingerprint density at radius 1 is 1.05 bits per heavy atom. The summed E-state index contributed by atoms with van der Waals surface area (Å²) >= 11 is 0. The van der Waals surface area contributed by atoms with E-state index in [2.05, 4.69) is 12.2 Å². The number of carbonyl (C=O) groups excluding carboxylic acids is 1. The molecule has 0 unspecified atom stereocenters. The molecule has 1 N–H and O–H groups in total. The molecule has 116 valence electrons. The average molecular weight is 303 g/mol. The Bertz CT molecular complexity index is 638. The summed E-state index contributed by atoms with van der Waals surface area (Å²) in [5.41, 5.74) is 2.10. The van der Waals surface area contributed by atoms with E-state index in [0.717, 1.165) is 37.0 Å². The zero-order valence-electron chi connectivity index (χ0n) is 12.5. The molecule has 2 aromatic rings. The number of hydrogen-bond acceptors (Lipinski definition) is 1. The Kier molecular flexibility index (Phi) is 5.64. The minimum Gasteiger partial charge on any atom is -0.323 e. The van der Waals surface area contributed by atoms with Crippen molar-refractivity contribution in [2.45, 2.75) is 32.6 Å². The van der Waals surface area contributed by atoms with Gasteiger partial charge in [0.15, 0.2) is 0 Å². The van der Waals surface area contributed by atoms with Crippen molar-refractivity contribution in [3.8, 4) is 0 Å². The first-order chi connectivity index (χ1) is 10.6. The van der Waals surface area contributed by atoms with E-state index in [9.17, 15) is 13.6 Å². The number of hydrogen-bond donors (Lipinski definition) is 1. The summed E-state index contributed by atoms with van der Waals surface area (Å²) in [6, 6.07) is 10.9. The lowest BCUT2D eigenvalue weighted by Crippen LogP contribution is -2.15. The lowest BCUT2D eigenvalue weighted by molar-refractivity contribution is -0.115. The van der Waals surface area contributed by atoms with Crippen LogP contribution < -0.4 is 5.32 Å². The fourth-order valence-corrected chi connectivity index (χ4v) is 2.18. The smallest absolute Gasteiger partial charge is 0.228 e. The minimum atomic E-state index is -0.775. The van der Waals surface area contributed by atoms with Gasteiger partial charge < -0.3 is 5.32 Å². The van der Waals surface area contributed by atoms with Crippen LogP contribution in [0.1, 0.15) is 30.9 Å². The molecular formula is C18H19F2NO. The molecule has 0 aliphatic heterocycles. The van der Waals surface area contributed by atoms with Crippen LogP contribution in [-0.2, 0) is 17.6 Å². The van der Waals surface area contributed by atoms with Crippen LogP contribution >= 0.6 is 0 Å². The maximum Gasteiger partial charge on any atom is 0.228 e. The van der Waals surface area contributed by atoms with Gasteiger partial charge in [0.05, 0.1) is 12.1 Å². The van der Waals surface area contributed by atoms with Gasteiger partial charge in [-0.1, -0.05) is 37.6 Å². The quantitative estimate of drug-likeness (QED) is 0.837. The van der Waals surface area contributed by atoms with Crippen LogP contribution in [0.4, 0.5) is 14.5 Å². The number of aryl methyl sites for hydroxylation is 1. The molecule has 0 heterocycles. The highest BCUT2D eigenvalue weighted by Crippen LogP contribution is 2.15. The Hall–Kier alpha value is -2.23. The number of benzene rings is 2. The van der Waals surface area contributed by atoms with Crippen LogP contribution in [0.3, 0.4) is 0 Å². The number of halogens is 2. The third-order valence-electron chi connectivity index (χ3n) is 3.41. The second kappa shape index (κ2) is 7.69. The first-order valence-corrected chi connectivity index (χ1v) is 7.41. The summed E-state index contributed by atoms with van der Waals surface area (Å²) in [7, 11) is 0. The zero-order valence-corrected chi connectivity index (χ0v) is 12.5. The van der Waals surface area contributed by atoms with Gasteiger partial charge in [-0.15, -0.1) is 0 Å². The van der Waals surface area contributed by atoms with E-state index in [0.29, 0.717) is 0 Å². The summed E-state index contributed by atoms with van der Waals surface area (Å²) in [6.07, 6.45) is 3.48. The molecule has 0 aromatic heterocycles. The summed E-state index contributed by atoms with van der Waals surface area (Å²) in [5.74, 6) is -1.77. The van der Waals surface area contributed by atoms with Gasteiger partial charge in [0.2, 0.25) is 5.91 Å². The molecule has 2 aromatic carbocycles. The van der Waals surface area contributed by atoms with Crippen molar-refractivity contribution in [1.82, 2.24) is 0 Å². The molecule has 1 amide bonds. The molecule has 0 saturated heterocycles. The molecule has 2 rings (SSSR count). The molecule has 4 heteroatoms. The second-order valence-electron chi connectivity index (χ2n) is 5.27. The van der Waals surface area contributed by atoms with E-state index in [4.69, 9.17) is 0 Å². The zero-order chi connectivity index (χ0) is 15.9. The molecular weight excluding hydrogens is 284 g/mol. The number of amides is 1. The van der Waals surface area contributed by atoms with E-state index in [-0.39, 0.29) is 18.0 Å². The van der Waals surface area contributed by atoms with Crippen molar-refractivity contribution < 1.29 is 13.6 Å². The van der Waals surface area contributed by atoms with Crippen molar-refractivity contribution in [3.63, 3.8) is 0 Å².